The Balaban J connectivity index is 2.59. The zero-order valence-electron chi connectivity index (χ0n) is 14.9. The fraction of sp³-hybridized carbons (Fsp3) is 0.526. The minimum Gasteiger partial charge on any atom is -0.230 e. The van der Waals surface area contributed by atoms with Gasteiger partial charge in [0, 0.05) is 19.4 Å². The molecular weight excluding hydrogens is 256 g/mol. The summed E-state index contributed by atoms with van der Waals surface area (Å²) >= 11 is 0. The third kappa shape index (κ3) is 1.46. The smallest absolute Gasteiger partial charge is 0.230 e. The Morgan fingerprint density at radius 3 is 1.90 bits per heavy atom. The molecule has 1 aromatic heterocycles. The van der Waals surface area contributed by atoms with Crippen LogP contribution in [0.2, 0.25) is 0 Å². The van der Waals surface area contributed by atoms with Crippen molar-refractivity contribution in [3.05, 3.63) is 39.2 Å². The van der Waals surface area contributed by atoms with Crippen molar-refractivity contribution in [3.8, 4) is 11.4 Å². The Morgan fingerprint density at radius 2 is 1.33 bits per heavy atom. The van der Waals surface area contributed by atoms with E-state index in [1.165, 1.54) is 50.6 Å². The molecule has 0 aliphatic carbocycles. The minimum absolute atomic E-state index is 0.0219. The Hall–Kier alpha value is -1.57. The molecule has 0 bridgehead atoms. The molecule has 0 fully saturated rings. The zero-order valence-corrected chi connectivity index (χ0v) is 14.9. The van der Waals surface area contributed by atoms with Gasteiger partial charge in [-0.3, -0.25) is 0 Å². The van der Waals surface area contributed by atoms with Gasteiger partial charge in [0.25, 0.3) is 5.82 Å². The van der Waals surface area contributed by atoms with Gasteiger partial charge in [-0.2, -0.15) is 0 Å². The first-order valence-electron chi connectivity index (χ1n) is 7.82. The number of rotatable bonds is 0. The lowest BCUT2D eigenvalue weighted by Gasteiger charge is -2.23. The maximum Gasteiger partial charge on any atom is 0.290 e. The highest BCUT2D eigenvalue weighted by Gasteiger charge is 2.48. The van der Waals surface area contributed by atoms with Crippen molar-refractivity contribution in [2.24, 2.45) is 7.05 Å². The standard InChI is InChI=1S/C19H27N2/c1-10-11(2)13(4)17-16(12(10)3)18-20(9)14(5)15(6)21(18)19(17,7)8/h1-9H3/q+1. The molecule has 0 N–H and O–H groups in total. The van der Waals surface area contributed by atoms with E-state index in [9.17, 15) is 0 Å². The maximum absolute atomic E-state index is 2.53. The van der Waals surface area contributed by atoms with Crippen LogP contribution in [-0.2, 0) is 12.6 Å². The molecule has 0 amide bonds. The molecule has 3 rings (SSSR count). The Labute approximate surface area is 128 Å². The molecule has 112 valence electrons. The lowest BCUT2D eigenvalue weighted by molar-refractivity contribution is -0.665. The van der Waals surface area contributed by atoms with Crippen LogP contribution in [0.4, 0.5) is 0 Å². The van der Waals surface area contributed by atoms with Crippen molar-refractivity contribution < 1.29 is 4.57 Å². The second-order valence-corrected chi connectivity index (χ2v) is 7.20. The predicted octanol–water partition coefficient (Wildman–Crippen LogP) is 3.93. The van der Waals surface area contributed by atoms with Crippen molar-refractivity contribution in [2.75, 3.05) is 0 Å². The molecule has 1 aliphatic rings. The van der Waals surface area contributed by atoms with Crippen molar-refractivity contribution in [1.29, 1.82) is 0 Å². The van der Waals surface area contributed by atoms with Gasteiger partial charge in [0.1, 0.15) is 16.9 Å². The third-order valence-electron chi connectivity index (χ3n) is 5.97. The van der Waals surface area contributed by atoms with E-state index in [4.69, 9.17) is 0 Å². The quantitative estimate of drug-likeness (QED) is 0.648. The first kappa shape index (κ1) is 14.4. The van der Waals surface area contributed by atoms with Crippen molar-refractivity contribution in [1.82, 2.24) is 4.57 Å². The SMILES string of the molecule is Cc1c(C)c(C)c2c(c1C)-c1n(c(C)c(C)[n+]1C)C2(C)C. The van der Waals surface area contributed by atoms with Crippen LogP contribution >= 0.6 is 0 Å². The van der Waals surface area contributed by atoms with E-state index in [2.05, 4.69) is 71.6 Å². The van der Waals surface area contributed by atoms with Gasteiger partial charge in [-0.05, 0) is 63.8 Å². The molecule has 0 unspecified atom stereocenters. The highest BCUT2D eigenvalue weighted by Crippen LogP contribution is 2.48. The van der Waals surface area contributed by atoms with Crippen LogP contribution in [0, 0.1) is 41.5 Å². The molecular formula is C19H27N2+. The van der Waals surface area contributed by atoms with E-state index in [0.717, 1.165) is 0 Å². The first-order valence-corrected chi connectivity index (χ1v) is 7.82. The summed E-state index contributed by atoms with van der Waals surface area (Å²) in [6, 6.07) is 0. The van der Waals surface area contributed by atoms with E-state index in [1.807, 2.05) is 0 Å². The topological polar surface area (TPSA) is 8.81 Å². The van der Waals surface area contributed by atoms with E-state index >= 15 is 0 Å². The fourth-order valence-electron chi connectivity index (χ4n) is 4.30. The van der Waals surface area contributed by atoms with Crippen LogP contribution in [0.1, 0.15) is 53.1 Å². The number of benzene rings is 1. The Bertz CT molecular complexity index is 789. The lowest BCUT2D eigenvalue weighted by Crippen LogP contribution is -2.32. The third-order valence-corrected chi connectivity index (χ3v) is 5.97. The van der Waals surface area contributed by atoms with E-state index < -0.39 is 0 Å². The van der Waals surface area contributed by atoms with Crippen molar-refractivity contribution >= 4 is 0 Å². The minimum atomic E-state index is 0.0219. The first-order chi connectivity index (χ1) is 9.62. The van der Waals surface area contributed by atoms with Gasteiger partial charge in [0.15, 0.2) is 0 Å². The highest BCUT2D eigenvalue weighted by molar-refractivity contribution is 5.75. The Kier molecular flexibility index (Phi) is 2.73. The van der Waals surface area contributed by atoms with Crippen molar-refractivity contribution in [2.45, 2.75) is 60.9 Å². The average Bonchev–Trinajstić information content (AvgIpc) is 2.80. The number of imidazole rings is 1. The molecule has 0 saturated carbocycles. The summed E-state index contributed by atoms with van der Waals surface area (Å²) in [6.45, 7) is 18.3. The largest absolute Gasteiger partial charge is 0.290 e. The number of aromatic nitrogens is 2. The van der Waals surface area contributed by atoms with Gasteiger partial charge in [-0.15, -0.1) is 0 Å². The van der Waals surface area contributed by atoms with Crippen LogP contribution in [-0.4, -0.2) is 4.57 Å². The molecule has 1 aromatic carbocycles. The van der Waals surface area contributed by atoms with Gasteiger partial charge >= 0.3 is 0 Å². The van der Waals surface area contributed by atoms with Gasteiger partial charge in [0.2, 0.25) is 0 Å². The normalized spacial score (nSPS) is 15.3. The van der Waals surface area contributed by atoms with Gasteiger partial charge < -0.3 is 0 Å². The maximum atomic E-state index is 2.53. The summed E-state index contributed by atoms with van der Waals surface area (Å²) in [5.74, 6) is 1.37. The summed E-state index contributed by atoms with van der Waals surface area (Å²) in [4.78, 5) is 0. The summed E-state index contributed by atoms with van der Waals surface area (Å²) in [7, 11) is 2.20. The second kappa shape index (κ2) is 4.00. The molecule has 0 atom stereocenters. The molecule has 0 saturated heterocycles. The monoisotopic (exact) mass is 283 g/mol. The molecule has 2 heteroatoms. The van der Waals surface area contributed by atoms with Gasteiger partial charge in [-0.25, -0.2) is 9.13 Å². The fourth-order valence-corrected chi connectivity index (χ4v) is 4.30. The van der Waals surface area contributed by atoms with Gasteiger partial charge in [0.05, 0.1) is 12.6 Å². The molecule has 2 aromatic rings. The number of nitrogens with zero attached hydrogens (tertiary/aromatic N) is 2. The number of fused-ring (bicyclic) bond motifs is 3. The number of hydrogen-bond acceptors (Lipinski definition) is 0. The molecule has 0 spiro atoms. The second-order valence-electron chi connectivity index (χ2n) is 7.20. The summed E-state index contributed by atoms with van der Waals surface area (Å²) < 4.78 is 4.90. The summed E-state index contributed by atoms with van der Waals surface area (Å²) in [5, 5.41) is 0. The zero-order chi connectivity index (χ0) is 15.9. The van der Waals surface area contributed by atoms with E-state index in [0.29, 0.717) is 0 Å². The molecule has 21 heavy (non-hydrogen) atoms. The van der Waals surface area contributed by atoms with Crippen molar-refractivity contribution in [3.63, 3.8) is 0 Å². The van der Waals surface area contributed by atoms with Crippen LogP contribution in [0.5, 0.6) is 0 Å². The summed E-state index contributed by atoms with van der Waals surface area (Å²) in [6.07, 6.45) is 0. The van der Waals surface area contributed by atoms with Crippen LogP contribution in [0.15, 0.2) is 0 Å². The van der Waals surface area contributed by atoms with E-state index in [-0.39, 0.29) is 5.54 Å². The Morgan fingerprint density at radius 1 is 0.810 bits per heavy atom. The average molecular weight is 283 g/mol. The highest BCUT2D eigenvalue weighted by atomic mass is 15.2. The van der Waals surface area contributed by atoms with E-state index in [1.54, 1.807) is 0 Å². The molecule has 1 aliphatic heterocycles. The van der Waals surface area contributed by atoms with Crippen LogP contribution in [0.25, 0.3) is 11.4 Å². The van der Waals surface area contributed by atoms with Crippen LogP contribution in [0.3, 0.4) is 0 Å². The number of hydrogen-bond donors (Lipinski definition) is 0. The lowest BCUT2D eigenvalue weighted by atomic mass is 9.82. The summed E-state index contributed by atoms with van der Waals surface area (Å²) in [5.41, 5.74) is 11.5. The molecule has 0 radical (unpaired) electrons. The molecule has 2 nitrogen and oxygen atoms in total. The van der Waals surface area contributed by atoms with Crippen LogP contribution < -0.4 is 4.57 Å². The van der Waals surface area contributed by atoms with Gasteiger partial charge in [-0.1, -0.05) is 0 Å². The molecule has 2 heterocycles. The predicted molar refractivity (Wildman–Crippen MR) is 87.9 cm³/mol.